The van der Waals surface area contributed by atoms with Crippen LogP contribution in [0.15, 0.2) is 42.5 Å². The molecule has 0 saturated carbocycles. The fraction of sp³-hybridized carbons (Fsp3) is 0.250. The number of phenolic OH excluding ortho intramolecular Hbond substituents is 1. The number of phenols is 1. The van der Waals surface area contributed by atoms with Gasteiger partial charge >= 0.3 is 0 Å². The molecule has 0 bridgehead atoms. The molecule has 0 aliphatic carbocycles. The van der Waals surface area contributed by atoms with Crippen molar-refractivity contribution in [3.63, 3.8) is 0 Å². The Bertz CT molecular complexity index is 569. The number of nitrogens with one attached hydrogen (secondary N) is 1. The zero-order chi connectivity index (χ0) is 15.1. The van der Waals surface area contributed by atoms with Gasteiger partial charge in [0.1, 0.15) is 18.1 Å². The highest BCUT2D eigenvalue weighted by molar-refractivity contribution is 6.31. The summed E-state index contributed by atoms with van der Waals surface area (Å²) in [6.07, 6.45) is 0. The van der Waals surface area contributed by atoms with Crippen molar-refractivity contribution in [3.8, 4) is 11.5 Å². The van der Waals surface area contributed by atoms with Gasteiger partial charge in [0.15, 0.2) is 0 Å². The maximum absolute atomic E-state index is 9.80. The molecule has 0 heterocycles. The highest BCUT2D eigenvalue weighted by atomic mass is 35.5. The Hall–Kier alpha value is -1.91. The first-order chi connectivity index (χ1) is 10.2. The number of benzene rings is 2. The van der Waals surface area contributed by atoms with E-state index in [1.165, 1.54) is 0 Å². The molecule has 0 spiro atoms. The maximum atomic E-state index is 9.80. The predicted molar refractivity (Wildman–Crippen MR) is 84.3 cm³/mol. The van der Waals surface area contributed by atoms with Crippen molar-refractivity contribution in [2.75, 3.05) is 25.6 Å². The summed E-state index contributed by atoms with van der Waals surface area (Å²) in [7, 11) is 1.64. The van der Waals surface area contributed by atoms with Crippen LogP contribution in [-0.2, 0) is 11.3 Å². The van der Waals surface area contributed by atoms with Gasteiger partial charge in [-0.3, -0.25) is 0 Å². The van der Waals surface area contributed by atoms with Crippen LogP contribution in [0.5, 0.6) is 11.5 Å². The topological polar surface area (TPSA) is 50.7 Å². The number of methoxy groups -OCH3 is 1. The Morgan fingerprint density at radius 1 is 1.14 bits per heavy atom. The minimum absolute atomic E-state index is 0.183. The second kappa shape index (κ2) is 7.76. The lowest BCUT2D eigenvalue weighted by Gasteiger charge is -2.11. The number of halogens is 1. The first kappa shape index (κ1) is 15.5. The second-order valence-electron chi connectivity index (χ2n) is 4.46. The van der Waals surface area contributed by atoms with Crippen molar-refractivity contribution in [1.29, 1.82) is 0 Å². The third-order valence-electron chi connectivity index (χ3n) is 2.95. The number of aromatic hydroxyl groups is 1. The highest BCUT2D eigenvalue weighted by Crippen LogP contribution is 2.26. The molecule has 0 unspecified atom stereocenters. The van der Waals surface area contributed by atoms with Gasteiger partial charge in [-0.05, 0) is 24.3 Å². The summed E-state index contributed by atoms with van der Waals surface area (Å²) in [5.74, 6) is 0.947. The van der Waals surface area contributed by atoms with E-state index in [4.69, 9.17) is 21.1 Å². The minimum Gasteiger partial charge on any atom is -0.508 e. The quantitative estimate of drug-likeness (QED) is 0.766. The van der Waals surface area contributed by atoms with Gasteiger partial charge in [-0.15, -0.1) is 0 Å². The van der Waals surface area contributed by atoms with E-state index in [2.05, 4.69) is 5.32 Å². The van der Waals surface area contributed by atoms with Crippen LogP contribution in [0.25, 0.3) is 0 Å². The average Bonchev–Trinajstić information content (AvgIpc) is 2.47. The van der Waals surface area contributed by atoms with E-state index in [9.17, 15) is 5.11 Å². The summed E-state index contributed by atoms with van der Waals surface area (Å²) in [5, 5.41) is 13.6. The first-order valence-electron chi connectivity index (χ1n) is 6.62. The van der Waals surface area contributed by atoms with Crippen LogP contribution in [0.4, 0.5) is 5.69 Å². The average molecular weight is 308 g/mol. The van der Waals surface area contributed by atoms with E-state index in [0.717, 1.165) is 11.4 Å². The van der Waals surface area contributed by atoms with Gasteiger partial charge in [-0.1, -0.05) is 23.7 Å². The Morgan fingerprint density at radius 2 is 1.95 bits per heavy atom. The number of ether oxygens (including phenoxy) is 2. The largest absolute Gasteiger partial charge is 0.508 e. The van der Waals surface area contributed by atoms with E-state index in [0.29, 0.717) is 30.3 Å². The lowest BCUT2D eigenvalue weighted by atomic mass is 10.2. The van der Waals surface area contributed by atoms with Gasteiger partial charge in [0.2, 0.25) is 0 Å². The van der Waals surface area contributed by atoms with Crippen LogP contribution in [0, 0.1) is 0 Å². The minimum atomic E-state index is 0.183. The molecule has 21 heavy (non-hydrogen) atoms. The highest BCUT2D eigenvalue weighted by Gasteiger charge is 2.06. The van der Waals surface area contributed by atoms with Crippen molar-refractivity contribution in [2.24, 2.45) is 0 Å². The summed E-state index contributed by atoms with van der Waals surface area (Å²) in [6, 6.07) is 12.7. The Morgan fingerprint density at radius 3 is 2.71 bits per heavy atom. The van der Waals surface area contributed by atoms with Crippen molar-refractivity contribution in [1.82, 2.24) is 0 Å². The zero-order valence-electron chi connectivity index (χ0n) is 11.8. The Labute approximate surface area is 129 Å². The molecular weight excluding hydrogens is 290 g/mol. The molecule has 0 amide bonds. The molecule has 0 radical (unpaired) electrons. The molecule has 0 aliphatic rings. The number of hydrogen-bond donors (Lipinski definition) is 2. The van der Waals surface area contributed by atoms with Crippen molar-refractivity contribution >= 4 is 17.3 Å². The second-order valence-corrected chi connectivity index (χ2v) is 4.87. The van der Waals surface area contributed by atoms with E-state index in [1.54, 1.807) is 25.3 Å². The van der Waals surface area contributed by atoms with Crippen LogP contribution >= 0.6 is 11.6 Å². The summed E-state index contributed by atoms with van der Waals surface area (Å²) in [5.41, 5.74) is 1.56. The van der Waals surface area contributed by atoms with Crippen molar-refractivity contribution in [3.05, 3.63) is 53.1 Å². The van der Waals surface area contributed by atoms with Crippen LogP contribution in [0.3, 0.4) is 0 Å². The zero-order valence-corrected chi connectivity index (χ0v) is 12.6. The summed E-state index contributed by atoms with van der Waals surface area (Å²) in [6.45, 7) is 1.49. The van der Waals surface area contributed by atoms with Crippen molar-refractivity contribution in [2.45, 2.75) is 6.54 Å². The molecule has 2 N–H and O–H groups in total. The maximum Gasteiger partial charge on any atom is 0.122 e. The molecule has 112 valence electrons. The molecule has 0 atom stereocenters. The van der Waals surface area contributed by atoms with Crippen LogP contribution in [0.2, 0.25) is 5.02 Å². The normalized spacial score (nSPS) is 10.4. The third kappa shape index (κ3) is 4.55. The number of hydrogen-bond acceptors (Lipinski definition) is 4. The molecule has 5 heteroatoms. The third-order valence-corrected chi connectivity index (χ3v) is 3.31. The van der Waals surface area contributed by atoms with E-state index < -0.39 is 0 Å². The lowest BCUT2D eigenvalue weighted by molar-refractivity contribution is 0.146. The molecule has 2 aromatic rings. The molecule has 4 nitrogen and oxygen atoms in total. The first-order valence-corrected chi connectivity index (χ1v) is 7.00. The van der Waals surface area contributed by atoms with Gasteiger partial charge < -0.3 is 19.9 Å². The monoisotopic (exact) mass is 307 g/mol. The fourth-order valence-corrected chi connectivity index (χ4v) is 2.09. The SMILES string of the molecule is COCCOc1cccc(NCc2c(O)cccc2Cl)c1. The predicted octanol–water partition coefficient (Wildman–Crippen LogP) is 3.68. The lowest BCUT2D eigenvalue weighted by Crippen LogP contribution is -2.05. The van der Waals surface area contributed by atoms with Gasteiger partial charge in [0.05, 0.1) is 6.61 Å². The fourth-order valence-electron chi connectivity index (χ4n) is 1.85. The number of anilines is 1. The van der Waals surface area contributed by atoms with Gasteiger partial charge in [-0.25, -0.2) is 0 Å². The van der Waals surface area contributed by atoms with Gasteiger partial charge in [0.25, 0.3) is 0 Å². The van der Waals surface area contributed by atoms with Gasteiger partial charge in [0, 0.05) is 36.0 Å². The molecular formula is C16H18ClNO3. The van der Waals surface area contributed by atoms with Crippen LogP contribution < -0.4 is 10.1 Å². The Kier molecular flexibility index (Phi) is 5.72. The molecule has 2 aromatic carbocycles. The molecule has 0 saturated heterocycles. The van der Waals surface area contributed by atoms with Crippen molar-refractivity contribution < 1.29 is 14.6 Å². The summed E-state index contributed by atoms with van der Waals surface area (Å²) < 4.78 is 10.5. The number of rotatable bonds is 7. The molecule has 0 aliphatic heterocycles. The van der Waals surface area contributed by atoms with Crippen LogP contribution in [-0.4, -0.2) is 25.4 Å². The summed E-state index contributed by atoms with van der Waals surface area (Å²) >= 11 is 6.07. The molecule has 2 rings (SSSR count). The van der Waals surface area contributed by atoms with Crippen LogP contribution in [0.1, 0.15) is 5.56 Å². The van der Waals surface area contributed by atoms with E-state index >= 15 is 0 Å². The molecule has 0 fully saturated rings. The van der Waals surface area contributed by atoms with E-state index in [-0.39, 0.29) is 5.75 Å². The molecule has 0 aromatic heterocycles. The summed E-state index contributed by atoms with van der Waals surface area (Å²) in [4.78, 5) is 0. The van der Waals surface area contributed by atoms with Gasteiger partial charge in [-0.2, -0.15) is 0 Å². The van der Waals surface area contributed by atoms with E-state index in [1.807, 2.05) is 24.3 Å². The smallest absolute Gasteiger partial charge is 0.122 e. The Balaban J connectivity index is 1.98. The standard InChI is InChI=1S/C16H18ClNO3/c1-20-8-9-21-13-5-2-4-12(10-13)18-11-14-15(17)6-3-7-16(14)19/h2-7,10,18-19H,8-9,11H2,1H3.